The number of phenols is 3. The van der Waals surface area contributed by atoms with E-state index in [0.29, 0.717) is 28.4 Å². The van der Waals surface area contributed by atoms with Gasteiger partial charge < -0.3 is 29.5 Å². The highest BCUT2D eigenvalue weighted by atomic mass is 16.5. The van der Waals surface area contributed by atoms with Crippen LogP contribution in [-0.2, 0) is 0 Å². The lowest BCUT2D eigenvalue weighted by atomic mass is 9.97. The fourth-order valence-electron chi connectivity index (χ4n) is 2.85. The van der Waals surface area contributed by atoms with E-state index in [1.54, 1.807) is 36.4 Å². The topological polar surface area (TPSA) is 88.4 Å². The van der Waals surface area contributed by atoms with Gasteiger partial charge in [0.15, 0.2) is 34.5 Å². The molecule has 3 rings (SSSR count). The van der Waals surface area contributed by atoms with Crippen molar-refractivity contribution in [3.63, 3.8) is 0 Å². The van der Waals surface area contributed by atoms with Gasteiger partial charge in [-0.05, 0) is 53.1 Å². The van der Waals surface area contributed by atoms with E-state index in [1.807, 2.05) is 0 Å². The summed E-state index contributed by atoms with van der Waals surface area (Å²) >= 11 is 0. The van der Waals surface area contributed by atoms with Crippen LogP contribution < -0.4 is 14.2 Å². The Morgan fingerprint density at radius 1 is 0.556 bits per heavy atom. The van der Waals surface area contributed by atoms with E-state index < -0.39 is 0 Å². The Kier molecular flexibility index (Phi) is 4.98. The molecule has 0 heterocycles. The van der Waals surface area contributed by atoms with E-state index in [4.69, 9.17) is 14.2 Å². The Hall–Kier alpha value is -3.54. The zero-order valence-corrected chi connectivity index (χ0v) is 15.2. The van der Waals surface area contributed by atoms with Crippen LogP contribution >= 0.6 is 0 Å². The Bertz CT molecular complexity index is 981. The van der Waals surface area contributed by atoms with E-state index in [1.165, 1.54) is 33.5 Å². The van der Waals surface area contributed by atoms with Crippen molar-refractivity contribution in [1.29, 1.82) is 0 Å². The quantitative estimate of drug-likeness (QED) is 0.627. The summed E-state index contributed by atoms with van der Waals surface area (Å²) in [6.45, 7) is 0. The summed E-state index contributed by atoms with van der Waals surface area (Å²) in [6.07, 6.45) is 0. The van der Waals surface area contributed by atoms with Crippen LogP contribution in [0.15, 0.2) is 48.5 Å². The van der Waals surface area contributed by atoms with Crippen molar-refractivity contribution in [2.75, 3.05) is 21.3 Å². The molecule has 3 N–H and O–H groups in total. The van der Waals surface area contributed by atoms with Gasteiger partial charge in [-0.15, -0.1) is 0 Å². The van der Waals surface area contributed by atoms with Crippen molar-refractivity contribution in [2.45, 2.75) is 0 Å². The SMILES string of the molecule is COc1cc(-c2cc(OC)c(O)c(-c3ccc(O)c(OC)c3)c2)ccc1O. The first-order valence-corrected chi connectivity index (χ1v) is 8.14. The number of phenolic OH excluding ortho intramolecular Hbond substituents is 3. The second-order valence-electron chi connectivity index (χ2n) is 5.85. The molecule has 3 aromatic rings. The highest BCUT2D eigenvalue weighted by Gasteiger charge is 2.16. The van der Waals surface area contributed by atoms with Crippen LogP contribution in [0.2, 0.25) is 0 Å². The summed E-state index contributed by atoms with van der Waals surface area (Å²) in [5.74, 6) is 0.943. The largest absolute Gasteiger partial charge is 0.504 e. The van der Waals surface area contributed by atoms with Gasteiger partial charge >= 0.3 is 0 Å². The molecule has 0 fully saturated rings. The Labute approximate surface area is 156 Å². The first kappa shape index (κ1) is 18.3. The predicted octanol–water partition coefficient (Wildman–Crippen LogP) is 4.16. The molecule has 0 atom stereocenters. The molecule has 0 radical (unpaired) electrons. The summed E-state index contributed by atoms with van der Waals surface area (Å²) in [7, 11) is 4.40. The zero-order chi connectivity index (χ0) is 19.6. The van der Waals surface area contributed by atoms with Gasteiger partial charge in [-0.3, -0.25) is 0 Å². The smallest absolute Gasteiger partial charge is 0.165 e. The number of benzene rings is 3. The lowest BCUT2D eigenvalue weighted by Crippen LogP contribution is -1.91. The molecule has 0 unspecified atom stereocenters. The van der Waals surface area contributed by atoms with Gasteiger partial charge in [-0.2, -0.15) is 0 Å². The third kappa shape index (κ3) is 3.42. The van der Waals surface area contributed by atoms with Crippen LogP contribution in [0, 0.1) is 0 Å². The van der Waals surface area contributed by atoms with Crippen molar-refractivity contribution in [2.24, 2.45) is 0 Å². The fourth-order valence-corrected chi connectivity index (χ4v) is 2.85. The molecule has 0 amide bonds. The second kappa shape index (κ2) is 7.37. The lowest BCUT2D eigenvalue weighted by molar-refractivity contribution is 0.372. The third-order valence-corrected chi connectivity index (χ3v) is 4.30. The maximum atomic E-state index is 10.6. The van der Waals surface area contributed by atoms with Crippen molar-refractivity contribution < 1.29 is 29.5 Å². The van der Waals surface area contributed by atoms with Crippen LogP contribution in [0.3, 0.4) is 0 Å². The van der Waals surface area contributed by atoms with Gasteiger partial charge in [0.2, 0.25) is 0 Å². The number of rotatable bonds is 5. The van der Waals surface area contributed by atoms with Crippen molar-refractivity contribution in [1.82, 2.24) is 0 Å². The molecule has 0 aromatic heterocycles. The summed E-state index contributed by atoms with van der Waals surface area (Å²) in [5.41, 5.74) is 2.68. The molecule has 0 aliphatic heterocycles. The van der Waals surface area contributed by atoms with Crippen LogP contribution in [0.5, 0.6) is 34.5 Å². The molecular weight excluding hydrogens is 348 g/mol. The maximum Gasteiger partial charge on any atom is 0.165 e. The minimum absolute atomic E-state index is 0.00660. The van der Waals surface area contributed by atoms with E-state index in [-0.39, 0.29) is 17.2 Å². The van der Waals surface area contributed by atoms with Gasteiger partial charge in [0.05, 0.1) is 21.3 Å². The van der Waals surface area contributed by atoms with Gasteiger partial charge in [0.1, 0.15) is 0 Å². The van der Waals surface area contributed by atoms with Gasteiger partial charge in [0, 0.05) is 5.56 Å². The molecule has 27 heavy (non-hydrogen) atoms. The van der Waals surface area contributed by atoms with Crippen molar-refractivity contribution in [3.05, 3.63) is 48.5 Å². The first-order chi connectivity index (χ1) is 13.0. The predicted molar refractivity (Wildman–Crippen MR) is 102 cm³/mol. The van der Waals surface area contributed by atoms with Gasteiger partial charge in [0.25, 0.3) is 0 Å². The molecule has 0 bridgehead atoms. The highest BCUT2D eigenvalue weighted by Crippen LogP contribution is 2.43. The molecule has 0 saturated carbocycles. The number of methoxy groups -OCH3 is 3. The highest BCUT2D eigenvalue weighted by molar-refractivity contribution is 5.82. The molecule has 0 aliphatic carbocycles. The molecule has 6 heteroatoms. The number of ether oxygens (including phenoxy) is 3. The Morgan fingerprint density at radius 2 is 1.04 bits per heavy atom. The average molecular weight is 368 g/mol. The van der Waals surface area contributed by atoms with E-state index in [2.05, 4.69) is 0 Å². The number of hydrogen-bond acceptors (Lipinski definition) is 6. The summed E-state index contributed by atoms with van der Waals surface area (Å²) < 4.78 is 15.6. The standard InChI is InChI=1S/C21H20O6/c1-25-18-9-12(4-6-16(18)22)14-8-15(21(24)20(11-14)27-3)13-5-7-17(23)19(10-13)26-2/h4-11,22-24H,1-3H3. The molecule has 140 valence electrons. The third-order valence-electron chi connectivity index (χ3n) is 4.30. The van der Waals surface area contributed by atoms with Crippen molar-refractivity contribution in [3.8, 4) is 56.8 Å². The summed E-state index contributed by atoms with van der Waals surface area (Å²) in [6, 6.07) is 13.3. The summed E-state index contributed by atoms with van der Waals surface area (Å²) in [4.78, 5) is 0. The zero-order valence-electron chi connectivity index (χ0n) is 15.2. The number of hydrogen-bond donors (Lipinski definition) is 3. The molecule has 0 saturated heterocycles. The maximum absolute atomic E-state index is 10.6. The molecule has 0 aliphatic rings. The first-order valence-electron chi connectivity index (χ1n) is 8.14. The van der Waals surface area contributed by atoms with E-state index in [0.717, 1.165) is 11.1 Å². The number of aromatic hydroxyl groups is 3. The van der Waals surface area contributed by atoms with E-state index in [9.17, 15) is 15.3 Å². The molecule has 6 nitrogen and oxygen atoms in total. The fraction of sp³-hybridized carbons (Fsp3) is 0.143. The van der Waals surface area contributed by atoms with Gasteiger partial charge in [-0.1, -0.05) is 12.1 Å². The lowest BCUT2D eigenvalue weighted by Gasteiger charge is -2.14. The van der Waals surface area contributed by atoms with Gasteiger partial charge in [-0.25, -0.2) is 0 Å². The van der Waals surface area contributed by atoms with Crippen LogP contribution in [0.25, 0.3) is 22.3 Å². The molecule has 3 aromatic carbocycles. The van der Waals surface area contributed by atoms with Crippen LogP contribution in [0.4, 0.5) is 0 Å². The minimum Gasteiger partial charge on any atom is -0.504 e. The Balaban J connectivity index is 2.20. The monoisotopic (exact) mass is 368 g/mol. The van der Waals surface area contributed by atoms with Crippen LogP contribution in [0.1, 0.15) is 0 Å². The summed E-state index contributed by atoms with van der Waals surface area (Å²) in [5, 5.41) is 30.2. The average Bonchev–Trinajstić information content (AvgIpc) is 2.69. The normalized spacial score (nSPS) is 10.5. The van der Waals surface area contributed by atoms with E-state index >= 15 is 0 Å². The van der Waals surface area contributed by atoms with Crippen molar-refractivity contribution >= 4 is 0 Å². The molecule has 0 spiro atoms. The second-order valence-corrected chi connectivity index (χ2v) is 5.85. The van der Waals surface area contributed by atoms with Crippen LogP contribution in [-0.4, -0.2) is 36.6 Å². The molecular formula is C21H20O6. The Morgan fingerprint density at radius 3 is 1.59 bits per heavy atom. The minimum atomic E-state index is -0.0280.